The molecule has 0 fully saturated rings. The molecule has 0 radical (unpaired) electrons. The van der Waals surface area contributed by atoms with Gasteiger partial charge < -0.3 is 15.8 Å². The van der Waals surface area contributed by atoms with Gasteiger partial charge in [0.05, 0.1) is 0 Å². The Balaban J connectivity index is 3.16. The maximum Gasteiger partial charge on any atom is 0.320 e. The van der Waals surface area contributed by atoms with Gasteiger partial charge in [0.2, 0.25) is 0 Å². The lowest BCUT2D eigenvalue weighted by Crippen LogP contribution is -2.35. The number of hydrogen-bond donors (Lipinski definition) is 3. The van der Waals surface area contributed by atoms with E-state index in [1.807, 2.05) is 19.1 Å². The third kappa shape index (κ3) is 2.61. The molecule has 0 aliphatic rings. The first-order valence-corrected chi connectivity index (χ1v) is 5.04. The number of aromatic nitrogens is 1. The number of carbonyl (C=O) groups is 1. The Bertz CT molecular complexity index is 500. The molecule has 1 unspecified atom stereocenters. The van der Waals surface area contributed by atoms with Crippen LogP contribution in [0.25, 0.3) is 12.2 Å². The number of nitrogens with two attached hydrogens (primary N) is 1. The maximum atomic E-state index is 10.7. The Labute approximate surface area is 93.8 Å². The zero-order valence-corrected chi connectivity index (χ0v) is 9.23. The summed E-state index contributed by atoms with van der Waals surface area (Å²) in [5.41, 5.74) is 6.39. The molecule has 0 amide bonds. The lowest BCUT2D eigenvalue weighted by Gasteiger charge is -2.03. The van der Waals surface area contributed by atoms with Crippen molar-refractivity contribution >= 4 is 18.1 Å². The SMILES string of the molecule is C=C/C=c1/c(CC(N)C(=O)O)c[nH]/c1=C/C. The van der Waals surface area contributed by atoms with E-state index in [1.165, 1.54) is 0 Å². The van der Waals surface area contributed by atoms with Crippen molar-refractivity contribution in [2.75, 3.05) is 0 Å². The van der Waals surface area contributed by atoms with Crippen molar-refractivity contribution in [3.05, 3.63) is 35.0 Å². The second-order valence-corrected chi connectivity index (χ2v) is 3.48. The summed E-state index contributed by atoms with van der Waals surface area (Å²) in [7, 11) is 0. The summed E-state index contributed by atoms with van der Waals surface area (Å²) < 4.78 is 0. The number of allylic oxidation sites excluding steroid dienone is 1. The van der Waals surface area contributed by atoms with Crippen LogP contribution in [-0.4, -0.2) is 22.1 Å². The van der Waals surface area contributed by atoms with Gasteiger partial charge in [0.25, 0.3) is 0 Å². The van der Waals surface area contributed by atoms with Crippen LogP contribution in [0.5, 0.6) is 0 Å². The van der Waals surface area contributed by atoms with Crippen LogP contribution in [0, 0.1) is 0 Å². The molecule has 1 aromatic rings. The summed E-state index contributed by atoms with van der Waals surface area (Å²) in [6.45, 7) is 5.55. The molecule has 0 aliphatic heterocycles. The zero-order valence-electron chi connectivity index (χ0n) is 9.23. The second kappa shape index (κ2) is 5.32. The van der Waals surface area contributed by atoms with Crippen molar-refractivity contribution in [3.8, 4) is 0 Å². The number of nitrogens with one attached hydrogen (secondary N) is 1. The van der Waals surface area contributed by atoms with Crippen molar-refractivity contribution in [1.29, 1.82) is 0 Å². The number of carboxylic acids is 1. The second-order valence-electron chi connectivity index (χ2n) is 3.48. The lowest BCUT2D eigenvalue weighted by molar-refractivity contribution is -0.138. The largest absolute Gasteiger partial charge is 0.480 e. The molecule has 1 aromatic heterocycles. The predicted molar refractivity (Wildman–Crippen MR) is 64.2 cm³/mol. The number of H-pyrrole nitrogens is 1. The van der Waals surface area contributed by atoms with Gasteiger partial charge in [-0.3, -0.25) is 4.79 Å². The average Bonchev–Trinajstić information content (AvgIpc) is 2.61. The van der Waals surface area contributed by atoms with Gasteiger partial charge in [-0.15, -0.1) is 0 Å². The van der Waals surface area contributed by atoms with Crippen molar-refractivity contribution in [1.82, 2.24) is 4.98 Å². The predicted octanol–water partition coefficient (Wildman–Crippen LogP) is -0.264. The van der Waals surface area contributed by atoms with E-state index in [9.17, 15) is 4.79 Å². The summed E-state index contributed by atoms with van der Waals surface area (Å²) in [6, 6.07) is -0.877. The Hall–Kier alpha value is -1.81. The first-order valence-electron chi connectivity index (χ1n) is 5.04. The van der Waals surface area contributed by atoms with Gasteiger partial charge >= 0.3 is 5.97 Å². The van der Waals surface area contributed by atoms with Gasteiger partial charge in [-0.05, 0) is 12.5 Å². The van der Waals surface area contributed by atoms with E-state index in [0.717, 1.165) is 16.1 Å². The highest BCUT2D eigenvalue weighted by molar-refractivity contribution is 5.73. The van der Waals surface area contributed by atoms with Crippen LogP contribution in [0.15, 0.2) is 18.9 Å². The van der Waals surface area contributed by atoms with E-state index in [-0.39, 0.29) is 0 Å². The highest BCUT2D eigenvalue weighted by Gasteiger charge is 2.13. The molecule has 4 heteroatoms. The summed E-state index contributed by atoms with van der Waals surface area (Å²) in [5, 5.41) is 10.7. The Morgan fingerprint density at radius 3 is 2.94 bits per heavy atom. The number of aliphatic carboxylic acids is 1. The fraction of sp³-hybridized carbons (Fsp3) is 0.250. The number of carboxylic acid groups (broad SMARTS) is 1. The van der Waals surface area contributed by atoms with Crippen LogP contribution < -0.4 is 16.3 Å². The third-order valence-electron chi connectivity index (χ3n) is 2.37. The summed E-state index contributed by atoms with van der Waals surface area (Å²) in [6.07, 6.45) is 7.53. The van der Waals surface area contributed by atoms with Crippen LogP contribution in [0.2, 0.25) is 0 Å². The molecule has 1 atom stereocenters. The molecule has 1 heterocycles. The lowest BCUT2D eigenvalue weighted by atomic mass is 10.1. The number of rotatable bonds is 4. The molecular weight excluding hydrogens is 204 g/mol. The van der Waals surface area contributed by atoms with Crippen molar-refractivity contribution in [2.24, 2.45) is 5.73 Å². The molecule has 0 saturated carbocycles. The highest BCUT2D eigenvalue weighted by Crippen LogP contribution is 1.94. The van der Waals surface area contributed by atoms with E-state index in [4.69, 9.17) is 10.8 Å². The van der Waals surface area contributed by atoms with E-state index in [0.29, 0.717) is 6.42 Å². The molecule has 0 spiro atoms. The topological polar surface area (TPSA) is 79.1 Å². The van der Waals surface area contributed by atoms with Crippen LogP contribution in [-0.2, 0) is 11.2 Å². The molecule has 0 saturated heterocycles. The van der Waals surface area contributed by atoms with Gasteiger partial charge in [-0.25, -0.2) is 0 Å². The van der Waals surface area contributed by atoms with E-state index in [2.05, 4.69) is 11.6 Å². The Morgan fingerprint density at radius 2 is 2.44 bits per heavy atom. The quantitative estimate of drug-likeness (QED) is 0.654. The van der Waals surface area contributed by atoms with E-state index >= 15 is 0 Å². The molecule has 0 bridgehead atoms. The van der Waals surface area contributed by atoms with Gasteiger partial charge in [0, 0.05) is 23.2 Å². The molecule has 1 rings (SSSR count). The van der Waals surface area contributed by atoms with Crippen molar-refractivity contribution in [2.45, 2.75) is 19.4 Å². The van der Waals surface area contributed by atoms with Crippen LogP contribution in [0.3, 0.4) is 0 Å². The summed E-state index contributed by atoms with van der Waals surface area (Å²) >= 11 is 0. The first-order chi connectivity index (χ1) is 7.60. The summed E-state index contributed by atoms with van der Waals surface area (Å²) in [5.74, 6) is -0.993. The average molecular weight is 220 g/mol. The molecular formula is C12H16N2O2. The van der Waals surface area contributed by atoms with E-state index in [1.54, 1.807) is 12.3 Å². The first kappa shape index (κ1) is 12.3. The molecule has 0 aromatic carbocycles. The third-order valence-corrected chi connectivity index (χ3v) is 2.37. The minimum absolute atomic E-state index is 0.305. The van der Waals surface area contributed by atoms with Gasteiger partial charge in [-0.1, -0.05) is 24.8 Å². The van der Waals surface area contributed by atoms with E-state index < -0.39 is 12.0 Å². The molecule has 0 aliphatic carbocycles. The van der Waals surface area contributed by atoms with Crippen LogP contribution in [0.4, 0.5) is 0 Å². The normalized spacial score (nSPS) is 15.1. The number of aromatic amines is 1. The minimum atomic E-state index is -0.993. The monoisotopic (exact) mass is 220 g/mol. The van der Waals surface area contributed by atoms with Crippen molar-refractivity contribution < 1.29 is 9.90 Å². The Kier molecular flexibility index (Phi) is 4.08. The minimum Gasteiger partial charge on any atom is -0.480 e. The smallest absolute Gasteiger partial charge is 0.320 e. The zero-order chi connectivity index (χ0) is 12.1. The van der Waals surface area contributed by atoms with Crippen molar-refractivity contribution in [3.63, 3.8) is 0 Å². The molecule has 4 N–H and O–H groups in total. The van der Waals surface area contributed by atoms with Gasteiger partial charge in [0.15, 0.2) is 0 Å². The molecule has 4 nitrogen and oxygen atoms in total. The fourth-order valence-electron chi connectivity index (χ4n) is 1.54. The van der Waals surface area contributed by atoms with Gasteiger partial charge in [-0.2, -0.15) is 0 Å². The van der Waals surface area contributed by atoms with Gasteiger partial charge in [0.1, 0.15) is 6.04 Å². The standard InChI is InChI=1S/C12H16N2O2/c1-3-5-9-8(6-10(13)12(15)16)7-14-11(9)4-2/h3-5,7,10,14H,1,6,13H2,2H3,(H,15,16)/b9-5-,11-4+. The fourth-order valence-corrected chi connectivity index (χ4v) is 1.54. The number of hydrogen-bond acceptors (Lipinski definition) is 2. The maximum absolute atomic E-state index is 10.7. The molecule has 86 valence electrons. The summed E-state index contributed by atoms with van der Waals surface area (Å²) in [4.78, 5) is 13.7. The van der Waals surface area contributed by atoms with Crippen LogP contribution >= 0.6 is 0 Å². The van der Waals surface area contributed by atoms with Crippen LogP contribution in [0.1, 0.15) is 12.5 Å². The Morgan fingerprint density at radius 1 is 1.75 bits per heavy atom. The highest BCUT2D eigenvalue weighted by atomic mass is 16.4. The molecule has 16 heavy (non-hydrogen) atoms.